The Labute approximate surface area is 251 Å². The molecule has 2 aliphatic rings. The summed E-state index contributed by atoms with van der Waals surface area (Å²) in [7, 11) is 2.65. The molecular formula is C29H36O15. The summed E-state index contributed by atoms with van der Waals surface area (Å²) >= 11 is 0. The second kappa shape index (κ2) is 14.1. The van der Waals surface area contributed by atoms with Crippen LogP contribution in [0, 0.1) is 0 Å². The van der Waals surface area contributed by atoms with Crippen LogP contribution in [-0.2, 0) is 14.2 Å². The lowest BCUT2D eigenvalue weighted by atomic mass is 9.98. The molecular weight excluding hydrogens is 588 g/mol. The number of phenolic OH excluding ortho intramolecular Hbond substituents is 2. The lowest BCUT2D eigenvalue weighted by Crippen LogP contribution is -2.61. The molecule has 15 heteroatoms. The topological polar surface area (TPSA) is 234 Å². The Bertz CT molecular complexity index is 1330. The van der Waals surface area contributed by atoms with Crippen LogP contribution in [0.25, 0.3) is 6.08 Å². The first-order valence-electron chi connectivity index (χ1n) is 13.5. The number of methoxy groups -OCH3 is 2. The zero-order chi connectivity index (χ0) is 32.3. The Morgan fingerprint density at radius 2 is 1.45 bits per heavy atom. The van der Waals surface area contributed by atoms with E-state index in [9.17, 15) is 45.6 Å². The number of benzene rings is 2. The monoisotopic (exact) mass is 624 g/mol. The van der Waals surface area contributed by atoms with Crippen LogP contribution >= 0.6 is 0 Å². The van der Waals surface area contributed by atoms with Gasteiger partial charge in [0, 0.05) is 12.1 Å². The van der Waals surface area contributed by atoms with Gasteiger partial charge in [-0.25, -0.2) is 0 Å². The van der Waals surface area contributed by atoms with Crippen LogP contribution in [-0.4, -0.2) is 129 Å². The van der Waals surface area contributed by atoms with Crippen LogP contribution < -0.4 is 14.2 Å². The average Bonchev–Trinajstić information content (AvgIpc) is 3.00. The number of aliphatic hydroxyl groups excluding tert-OH is 6. The molecule has 4 rings (SSSR count). The molecule has 2 aromatic rings. The second-order valence-electron chi connectivity index (χ2n) is 10.3. The summed E-state index contributed by atoms with van der Waals surface area (Å²) in [5, 5.41) is 82.0. The molecule has 0 bridgehead atoms. The predicted octanol–water partition coefficient (Wildman–Crippen LogP) is -0.958. The maximum absolute atomic E-state index is 12.9. The molecule has 10 unspecified atom stereocenters. The van der Waals surface area contributed by atoms with E-state index < -0.39 is 79.6 Å². The van der Waals surface area contributed by atoms with E-state index in [0.717, 1.165) is 12.1 Å². The number of hydrogen-bond acceptors (Lipinski definition) is 15. The van der Waals surface area contributed by atoms with E-state index in [4.69, 9.17) is 28.4 Å². The molecule has 2 aliphatic heterocycles. The van der Waals surface area contributed by atoms with Crippen molar-refractivity contribution >= 4 is 11.9 Å². The minimum atomic E-state index is -1.77. The van der Waals surface area contributed by atoms with Crippen LogP contribution in [0.2, 0.25) is 0 Å². The van der Waals surface area contributed by atoms with Gasteiger partial charge in [-0.1, -0.05) is 12.1 Å². The van der Waals surface area contributed by atoms with Crippen molar-refractivity contribution in [1.29, 1.82) is 0 Å². The molecule has 0 aromatic heterocycles. The number of aliphatic hydroxyl groups is 6. The average molecular weight is 625 g/mol. The Kier molecular flexibility index (Phi) is 10.7. The first kappa shape index (κ1) is 33.4. The van der Waals surface area contributed by atoms with Crippen LogP contribution in [0.4, 0.5) is 0 Å². The van der Waals surface area contributed by atoms with Gasteiger partial charge < -0.3 is 69.3 Å². The van der Waals surface area contributed by atoms with Gasteiger partial charge in [-0.2, -0.15) is 0 Å². The maximum Gasteiger partial charge on any atom is 0.229 e. The predicted molar refractivity (Wildman–Crippen MR) is 148 cm³/mol. The van der Waals surface area contributed by atoms with E-state index in [-0.39, 0.29) is 28.6 Å². The first-order valence-corrected chi connectivity index (χ1v) is 13.5. The van der Waals surface area contributed by atoms with Crippen molar-refractivity contribution in [2.45, 2.75) is 68.3 Å². The van der Waals surface area contributed by atoms with Crippen LogP contribution in [0.1, 0.15) is 22.8 Å². The highest BCUT2D eigenvalue weighted by Crippen LogP contribution is 2.36. The van der Waals surface area contributed by atoms with Crippen molar-refractivity contribution in [2.75, 3.05) is 20.8 Å². The summed E-state index contributed by atoms with van der Waals surface area (Å²) in [6.07, 6.45) is -12.4. The quantitative estimate of drug-likeness (QED) is 0.117. The largest absolute Gasteiger partial charge is 0.507 e. The third-order valence-electron chi connectivity index (χ3n) is 7.31. The van der Waals surface area contributed by atoms with Gasteiger partial charge in [0.05, 0.1) is 26.9 Å². The second-order valence-corrected chi connectivity index (χ2v) is 10.3. The van der Waals surface area contributed by atoms with Gasteiger partial charge in [0.1, 0.15) is 65.5 Å². The lowest BCUT2D eigenvalue weighted by molar-refractivity contribution is -0.318. The maximum atomic E-state index is 12.9. The SMILES string of the molecule is COc1ccc(/C=C/C(=O)c2c(O)cc(OC3OC(COC4OC(C)C(O)C(O)C4O)C(O)C(O)C3O)cc2OC)cc1O. The number of ether oxygens (including phenoxy) is 6. The Balaban J connectivity index is 1.46. The normalized spacial score (nSPS) is 32.4. The van der Waals surface area contributed by atoms with Crippen molar-refractivity contribution in [3.8, 4) is 28.7 Å². The standard InChI is InChI=1S/C29H36O15/c1-12-22(33)24(35)26(37)28(42-12)41-11-20-23(34)25(36)27(38)29(44-20)43-14-9-17(32)21(19(10-14)40-3)15(30)6-4-13-5-7-18(39-2)16(31)8-13/h4-10,12,20,22-29,31-38H,11H2,1-3H3/b6-4+. The third-order valence-corrected chi connectivity index (χ3v) is 7.31. The highest BCUT2D eigenvalue weighted by Gasteiger charge is 2.47. The van der Waals surface area contributed by atoms with E-state index in [1.165, 1.54) is 45.4 Å². The summed E-state index contributed by atoms with van der Waals surface area (Å²) < 4.78 is 32.3. The van der Waals surface area contributed by atoms with E-state index >= 15 is 0 Å². The number of carbonyl (C=O) groups excluding carboxylic acids is 1. The van der Waals surface area contributed by atoms with Gasteiger partial charge in [0.15, 0.2) is 23.6 Å². The van der Waals surface area contributed by atoms with E-state index in [0.29, 0.717) is 5.56 Å². The van der Waals surface area contributed by atoms with E-state index in [1.807, 2.05) is 0 Å². The molecule has 8 N–H and O–H groups in total. The van der Waals surface area contributed by atoms with Gasteiger partial charge in [-0.05, 0) is 30.7 Å². The van der Waals surface area contributed by atoms with Gasteiger partial charge in [-0.3, -0.25) is 4.79 Å². The van der Waals surface area contributed by atoms with Gasteiger partial charge in [0.2, 0.25) is 6.29 Å². The lowest BCUT2D eigenvalue weighted by Gasteiger charge is -2.42. The van der Waals surface area contributed by atoms with Crippen LogP contribution in [0.5, 0.6) is 28.7 Å². The highest BCUT2D eigenvalue weighted by molar-refractivity contribution is 6.10. The number of hydrogen-bond donors (Lipinski definition) is 8. The molecule has 0 saturated carbocycles. The van der Waals surface area contributed by atoms with Crippen molar-refractivity contribution in [3.05, 3.63) is 47.5 Å². The number of aromatic hydroxyl groups is 2. The fourth-order valence-corrected chi connectivity index (χ4v) is 4.75. The van der Waals surface area contributed by atoms with Crippen molar-refractivity contribution in [3.63, 3.8) is 0 Å². The Morgan fingerprint density at radius 1 is 0.795 bits per heavy atom. The summed E-state index contributed by atoms with van der Waals surface area (Å²) in [5.74, 6) is -1.31. The molecule has 2 fully saturated rings. The van der Waals surface area contributed by atoms with E-state index in [1.54, 1.807) is 6.07 Å². The number of carbonyl (C=O) groups is 1. The van der Waals surface area contributed by atoms with E-state index in [2.05, 4.69) is 0 Å². The molecule has 0 aliphatic carbocycles. The Hall–Kier alpha value is -3.51. The van der Waals surface area contributed by atoms with Gasteiger partial charge in [-0.15, -0.1) is 0 Å². The molecule has 2 aromatic carbocycles. The number of phenols is 2. The number of ketones is 1. The zero-order valence-corrected chi connectivity index (χ0v) is 24.0. The Morgan fingerprint density at radius 3 is 2.11 bits per heavy atom. The first-order chi connectivity index (χ1) is 20.9. The molecule has 242 valence electrons. The summed E-state index contributed by atoms with van der Waals surface area (Å²) in [4.78, 5) is 12.9. The molecule has 15 nitrogen and oxygen atoms in total. The molecule has 2 saturated heterocycles. The minimum absolute atomic E-state index is 0.101. The minimum Gasteiger partial charge on any atom is -0.507 e. The summed E-state index contributed by atoms with van der Waals surface area (Å²) in [6.45, 7) is 0.958. The van der Waals surface area contributed by atoms with Gasteiger partial charge >= 0.3 is 0 Å². The van der Waals surface area contributed by atoms with Crippen LogP contribution in [0.3, 0.4) is 0 Å². The smallest absolute Gasteiger partial charge is 0.229 e. The molecule has 44 heavy (non-hydrogen) atoms. The summed E-state index contributed by atoms with van der Waals surface area (Å²) in [5.41, 5.74) is 0.263. The zero-order valence-electron chi connectivity index (χ0n) is 24.0. The molecule has 0 amide bonds. The van der Waals surface area contributed by atoms with Crippen molar-refractivity contribution in [2.24, 2.45) is 0 Å². The fraction of sp³-hybridized carbons (Fsp3) is 0.483. The molecule has 2 heterocycles. The number of allylic oxidation sites excluding steroid dienone is 1. The molecule has 10 atom stereocenters. The van der Waals surface area contributed by atoms with Gasteiger partial charge in [0.25, 0.3) is 0 Å². The molecule has 0 radical (unpaired) electrons. The highest BCUT2D eigenvalue weighted by atomic mass is 16.7. The van der Waals surface area contributed by atoms with Crippen LogP contribution in [0.15, 0.2) is 36.4 Å². The molecule has 0 spiro atoms. The fourth-order valence-electron chi connectivity index (χ4n) is 4.75. The number of rotatable bonds is 10. The van der Waals surface area contributed by atoms with Crippen molar-refractivity contribution < 1.29 is 74.1 Å². The van der Waals surface area contributed by atoms with Crippen molar-refractivity contribution in [1.82, 2.24) is 0 Å². The summed E-state index contributed by atoms with van der Waals surface area (Å²) in [6, 6.07) is 6.80. The third kappa shape index (κ3) is 7.07.